The molecule has 0 fully saturated rings. The third kappa shape index (κ3) is 11.5. The third-order valence-corrected chi connectivity index (χ3v) is 4.59. The van der Waals surface area contributed by atoms with Gasteiger partial charge >= 0.3 is 5.97 Å². The monoisotopic (exact) mass is 466 g/mol. The summed E-state index contributed by atoms with van der Waals surface area (Å²) in [6.45, 7) is 17.4. The highest BCUT2D eigenvalue weighted by Gasteiger charge is 2.20. The van der Waals surface area contributed by atoms with Crippen LogP contribution in [0.2, 0.25) is 0 Å². The van der Waals surface area contributed by atoms with Crippen molar-refractivity contribution in [1.29, 1.82) is 0 Å². The molecule has 0 N–H and O–H groups in total. The summed E-state index contributed by atoms with van der Waals surface area (Å²) in [4.78, 5) is 10.2. The lowest BCUT2D eigenvalue weighted by molar-refractivity contribution is -0.136. The number of hydrogen-bond donors (Lipinski definition) is 0. The Bertz CT molecular complexity index is 924. The fourth-order valence-corrected chi connectivity index (χ4v) is 2.94. The lowest BCUT2D eigenvalue weighted by Crippen LogP contribution is -2.30. The standard InChI is InChI=1S/C24H30O3.C5H8O2/c1-6-20-12-14-23(15-13-20)27-24(4,5)18-22-10-8-21(9-11-22)16-17-26-19(3)25-7-2;1-4(2)5(6)7-3/h6,8-17,19H,1,7,18H2,2-5H3;1H2,2-3H3. The van der Waals surface area contributed by atoms with Gasteiger partial charge in [0, 0.05) is 18.6 Å². The average molecular weight is 467 g/mol. The normalized spacial score (nSPS) is 11.7. The molecule has 0 spiro atoms. The van der Waals surface area contributed by atoms with Crippen LogP contribution in [0.5, 0.6) is 5.75 Å². The smallest absolute Gasteiger partial charge is 0.332 e. The summed E-state index contributed by atoms with van der Waals surface area (Å²) >= 11 is 0. The second kappa shape index (κ2) is 14.8. The summed E-state index contributed by atoms with van der Waals surface area (Å²) in [5, 5.41) is 0. The zero-order chi connectivity index (χ0) is 25.6. The Balaban J connectivity index is 0.000000718. The molecule has 2 rings (SSSR count). The highest BCUT2D eigenvalue weighted by atomic mass is 16.7. The molecule has 0 saturated carbocycles. The van der Waals surface area contributed by atoms with Gasteiger partial charge in [-0.25, -0.2) is 4.79 Å². The third-order valence-electron chi connectivity index (χ3n) is 4.59. The number of ether oxygens (including phenoxy) is 4. The SMILES string of the molecule is C=C(C)C(=O)OC.C=Cc1ccc(OC(C)(C)Cc2ccc(C=COC(C)OCC)cc2)cc1. The Hall–Kier alpha value is -3.31. The minimum Gasteiger partial charge on any atom is -0.488 e. The van der Waals surface area contributed by atoms with Crippen molar-refractivity contribution in [2.75, 3.05) is 13.7 Å². The number of hydrogen-bond acceptors (Lipinski definition) is 5. The summed E-state index contributed by atoms with van der Waals surface area (Å²) < 4.78 is 21.2. The van der Waals surface area contributed by atoms with Gasteiger partial charge in [0.1, 0.15) is 11.4 Å². The minimum atomic E-state index is -0.347. The van der Waals surface area contributed by atoms with E-state index in [4.69, 9.17) is 14.2 Å². The first-order valence-corrected chi connectivity index (χ1v) is 11.3. The Morgan fingerprint density at radius 2 is 1.65 bits per heavy atom. The maximum absolute atomic E-state index is 10.2. The molecule has 0 saturated heterocycles. The molecule has 0 bridgehead atoms. The average Bonchev–Trinajstić information content (AvgIpc) is 2.80. The lowest BCUT2D eigenvalue weighted by atomic mass is 9.97. The summed E-state index contributed by atoms with van der Waals surface area (Å²) in [5.41, 5.74) is 3.53. The Labute approximate surface area is 204 Å². The van der Waals surface area contributed by atoms with Crippen molar-refractivity contribution in [3.8, 4) is 5.75 Å². The van der Waals surface area contributed by atoms with Crippen LogP contribution in [0.15, 0.2) is 73.5 Å². The summed E-state index contributed by atoms with van der Waals surface area (Å²) in [5.74, 6) is 0.519. The highest BCUT2D eigenvalue weighted by molar-refractivity contribution is 5.86. The van der Waals surface area contributed by atoms with Crippen molar-refractivity contribution in [3.05, 3.63) is 90.2 Å². The van der Waals surface area contributed by atoms with Crippen LogP contribution in [0, 0.1) is 0 Å². The first kappa shape index (κ1) is 28.7. The molecule has 5 heteroatoms. The van der Waals surface area contributed by atoms with E-state index in [9.17, 15) is 4.79 Å². The first-order valence-electron chi connectivity index (χ1n) is 11.3. The molecule has 2 aromatic rings. The fraction of sp³-hybridized carbons (Fsp3) is 0.345. The zero-order valence-corrected chi connectivity index (χ0v) is 21.3. The Kier molecular flexibility index (Phi) is 12.5. The van der Waals surface area contributed by atoms with E-state index in [-0.39, 0.29) is 17.9 Å². The van der Waals surface area contributed by atoms with Crippen LogP contribution in [0.3, 0.4) is 0 Å². The number of carbonyl (C=O) groups is 1. The van der Waals surface area contributed by atoms with Crippen molar-refractivity contribution in [3.63, 3.8) is 0 Å². The minimum absolute atomic E-state index is 0.232. The lowest BCUT2D eigenvalue weighted by Gasteiger charge is -2.27. The van der Waals surface area contributed by atoms with Crippen LogP contribution in [-0.4, -0.2) is 31.6 Å². The molecular weight excluding hydrogens is 428 g/mol. The van der Waals surface area contributed by atoms with Gasteiger partial charge in [-0.1, -0.05) is 55.6 Å². The molecule has 0 aliphatic heterocycles. The second-order valence-corrected chi connectivity index (χ2v) is 8.29. The van der Waals surface area contributed by atoms with Gasteiger partial charge in [-0.2, -0.15) is 0 Å². The van der Waals surface area contributed by atoms with E-state index in [0.717, 1.165) is 23.3 Å². The number of benzene rings is 2. The molecule has 0 radical (unpaired) electrons. The van der Waals surface area contributed by atoms with Crippen LogP contribution in [0.25, 0.3) is 12.2 Å². The Morgan fingerprint density at radius 1 is 1.06 bits per heavy atom. The number of esters is 1. The number of methoxy groups -OCH3 is 1. The maximum atomic E-state index is 10.2. The van der Waals surface area contributed by atoms with Gasteiger partial charge in [0.25, 0.3) is 0 Å². The van der Waals surface area contributed by atoms with Crippen molar-refractivity contribution in [2.45, 2.75) is 52.9 Å². The van der Waals surface area contributed by atoms with Crippen LogP contribution in [0.1, 0.15) is 51.3 Å². The van der Waals surface area contributed by atoms with Crippen molar-refractivity contribution < 1.29 is 23.7 Å². The second-order valence-electron chi connectivity index (χ2n) is 8.29. The Morgan fingerprint density at radius 3 is 2.12 bits per heavy atom. The van der Waals surface area contributed by atoms with E-state index in [0.29, 0.717) is 12.2 Å². The van der Waals surface area contributed by atoms with Gasteiger partial charge in [-0.15, -0.1) is 0 Å². The van der Waals surface area contributed by atoms with Gasteiger partial charge in [0.15, 0.2) is 6.29 Å². The van der Waals surface area contributed by atoms with Gasteiger partial charge < -0.3 is 18.9 Å². The van der Waals surface area contributed by atoms with E-state index in [1.165, 1.54) is 12.7 Å². The van der Waals surface area contributed by atoms with Gasteiger partial charge in [0.05, 0.1) is 13.4 Å². The van der Waals surface area contributed by atoms with E-state index in [1.807, 2.05) is 50.3 Å². The quantitative estimate of drug-likeness (QED) is 0.157. The van der Waals surface area contributed by atoms with Crippen LogP contribution in [-0.2, 0) is 25.4 Å². The molecule has 0 aliphatic rings. The summed E-state index contributed by atoms with van der Waals surface area (Å²) in [7, 11) is 1.33. The summed E-state index contributed by atoms with van der Waals surface area (Å²) in [6, 6.07) is 16.4. The molecular formula is C29H38O5. The van der Waals surface area contributed by atoms with Crippen LogP contribution in [0.4, 0.5) is 0 Å². The highest BCUT2D eigenvalue weighted by Crippen LogP contribution is 2.23. The molecule has 0 aromatic heterocycles. The number of carbonyl (C=O) groups excluding carboxylic acids is 1. The van der Waals surface area contributed by atoms with Crippen LogP contribution < -0.4 is 4.74 Å². The molecule has 1 atom stereocenters. The van der Waals surface area contributed by atoms with E-state index in [1.54, 1.807) is 13.2 Å². The topological polar surface area (TPSA) is 54.0 Å². The molecule has 2 aromatic carbocycles. The predicted molar refractivity (Wildman–Crippen MR) is 139 cm³/mol. The van der Waals surface area contributed by atoms with E-state index >= 15 is 0 Å². The molecule has 5 nitrogen and oxygen atoms in total. The molecule has 1 unspecified atom stereocenters. The van der Waals surface area contributed by atoms with Crippen molar-refractivity contribution in [2.24, 2.45) is 0 Å². The number of rotatable bonds is 11. The first-order chi connectivity index (χ1) is 16.1. The van der Waals surface area contributed by atoms with Crippen molar-refractivity contribution in [1.82, 2.24) is 0 Å². The summed E-state index contributed by atoms with van der Waals surface area (Å²) in [6.07, 6.45) is 6.02. The zero-order valence-electron chi connectivity index (χ0n) is 21.3. The predicted octanol–water partition coefficient (Wildman–Crippen LogP) is 6.84. The maximum Gasteiger partial charge on any atom is 0.332 e. The van der Waals surface area contributed by atoms with Crippen molar-refractivity contribution >= 4 is 18.1 Å². The van der Waals surface area contributed by atoms with Gasteiger partial charge in [-0.3, -0.25) is 0 Å². The molecule has 34 heavy (non-hydrogen) atoms. The van der Waals surface area contributed by atoms with E-state index in [2.05, 4.69) is 56.0 Å². The van der Waals surface area contributed by atoms with E-state index < -0.39 is 0 Å². The molecule has 0 amide bonds. The fourth-order valence-electron chi connectivity index (χ4n) is 2.94. The van der Waals surface area contributed by atoms with Crippen LogP contribution >= 0.6 is 0 Å². The molecule has 184 valence electrons. The van der Waals surface area contributed by atoms with Gasteiger partial charge in [-0.05, 0) is 69.5 Å². The van der Waals surface area contributed by atoms with Gasteiger partial charge in [0.2, 0.25) is 0 Å². The molecule has 0 aliphatic carbocycles. The molecule has 0 heterocycles. The largest absolute Gasteiger partial charge is 0.488 e.